The van der Waals surface area contributed by atoms with Crippen LogP contribution in [0.25, 0.3) is 0 Å². The predicted octanol–water partition coefficient (Wildman–Crippen LogP) is 0.953. The van der Waals surface area contributed by atoms with Crippen LogP contribution < -0.4 is 5.73 Å². The molecule has 1 aliphatic rings. The van der Waals surface area contributed by atoms with E-state index in [1.54, 1.807) is 4.90 Å². The molecule has 1 atom stereocenters. The minimum Gasteiger partial charge on any atom is -0.393 e. The first-order valence-electron chi connectivity index (χ1n) is 6.40. The van der Waals surface area contributed by atoms with Crippen LogP contribution in [-0.4, -0.2) is 53.9 Å². The molecule has 2 N–H and O–H groups in total. The zero-order valence-corrected chi connectivity index (χ0v) is 11.6. The van der Waals surface area contributed by atoms with Gasteiger partial charge in [0.05, 0.1) is 10.5 Å². The minimum atomic E-state index is -0.571. The Morgan fingerprint density at radius 1 is 1.50 bits per heavy atom. The van der Waals surface area contributed by atoms with E-state index in [9.17, 15) is 14.9 Å². The molecule has 20 heavy (non-hydrogen) atoms. The number of hydrogen-bond donors (Lipinski definition) is 1. The Morgan fingerprint density at radius 3 is 2.75 bits per heavy atom. The summed E-state index contributed by atoms with van der Waals surface area (Å²) in [5.74, 6) is -0.240. The van der Waals surface area contributed by atoms with Crippen molar-refractivity contribution in [2.75, 3.05) is 32.9 Å². The Labute approximate surface area is 117 Å². The van der Waals surface area contributed by atoms with Crippen molar-refractivity contribution >= 4 is 17.3 Å². The van der Waals surface area contributed by atoms with Crippen molar-refractivity contribution < 1.29 is 9.72 Å². The molecular formula is C13H18N4O3. The Balaban J connectivity index is 2.23. The van der Waals surface area contributed by atoms with Gasteiger partial charge in [-0.1, -0.05) is 6.07 Å². The van der Waals surface area contributed by atoms with Gasteiger partial charge < -0.3 is 15.5 Å². The number of anilines is 1. The van der Waals surface area contributed by atoms with Gasteiger partial charge >= 0.3 is 0 Å². The fraction of sp³-hybridized carbons (Fsp3) is 0.462. The first-order chi connectivity index (χ1) is 9.41. The largest absolute Gasteiger partial charge is 0.393 e. The fourth-order valence-corrected chi connectivity index (χ4v) is 2.42. The number of nitro benzene ring substituents is 1. The van der Waals surface area contributed by atoms with Gasteiger partial charge in [0.25, 0.3) is 11.6 Å². The molecule has 1 aliphatic heterocycles. The van der Waals surface area contributed by atoms with Crippen molar-refractivity contribution in [3.63, 3.8) is 0 Å². The number of nitro groups is 1. The molecule has 0 saturated carbocycles. The van der Waals surface area contributed by atoms with E-state index in [1.165, 1.54) is 18.2 Å². The van der Waals surface area contributed by atoms with Gasteiger partial charge in [0.1, 0.15) is 5.69 Å². The number of amides is 1. The minimum absolute atomic E-state index is 0.0594. The lowest BCUT2D eigenvalue weighted by molar-refractivity contribution is -0.383. The highest BCUT2D eigenvalue weighted by Gasteiger charge is 2.30. The number of para-hydroxylation sites is 1. The molecule has 1 fully saturated rings. The van der Waals surface area contributed by atoms with E-state index < -0.39 is 4.92 Å². The van der Waals surface area contributed by atoms with Gasteiger partial charge in [-0.25, -0.2) is 0 Å². The lowest BCUT2D eigenvalue weighted by Gasteiger charge is -2.20. The number of nitrogens with zero attached hydrogens (tertiary/aromatic N) is 3. The van der Waals surface area contributed by atoms with Crippen molar-refractivity contribution in [1.29, 1.82) is 0 Å². The Morgan fingerprint density at radius 2 is 2.20 bits per heavy atom. The molecule has 0 radical (unpaired) electrons. The average molecular weight is 278 g/mol. The maximum absolute atomic E-state index is 12.4. The molecule has 1 saturated heterocycles. The van der Waals surface area contributed by atoms with Crippen LogP contribution in [0.4, 0.5) is 11.4 Å². The highest BCUT2D eigenvalue weighted by atomic mass is 16.6. The number of carbonyl (C=O) groups is 1. The van der Waals surface area contributed by atoms with E-state index in [0.717, 1.165) is 6.42 Å². The second kappa shape index (κ2) is 5.46. The van der Waals surface area contributed by atoms with Crippen molar-refractivity contribution in [2.45, 2.75) is 12.5 Å². The van der Waals surface area contributed by atoms with Crippen LogP contribution in [-0.2, 0) is 0 Å². The second-order valence-electron chi connectivity index (χ2n) is 5.15. The summed E-state index contributed by atoms with van der Waals surface area (Å²) < 4.78 is 0. The van der Waals surface area contributed by atoms with Gasteiger partial charge in [0.2, 0.25) is 0 Å². The lowest BCUT2D eigenvalue weighted by Crippen LogP contribution is -2.34. The molecule has 1 aromatic rings. The summed E-state index contributed by atoms with van der Waals surface area (Å²) in [4.78, 5) is 26.5. The summed E-state index contributed by atoms with van der Waals surface area (Å²) in [6.45, 7) is 1.26. The van der Waals surface area contributed by atoms with Crippen LogP contribution in [0.5, 0.6) is 0 Å². The maximum atomic E-state index is 12.4. The summed E-state index contributed by atoms with van der Waals surface area (Å²) in [5, 5.41) is 10.9. The standard InChI is InChI=1S/C13H18N4O3/c1-15(2)9-6-7-16(8-9)13(18)10-4-3-5-11(12(10)14)17(19)20/h3-5,9H,6-8,14H2,1-2H3. The first-order valence-corrected chi connectivity index (χ1v) is 6.40. The van der Waals surface area contributed by atoms with Gasteiger partial charge in [-0.2, -0.15) is 0 Å². The van der Waals surface area contributed by atoms with Crippen molar-refractivity contribution in [3.8, 4) is 0 Å². The second-order valence-corrected chi connectivity index (χ2v) is 5.15. The average Bonchev–Trinajstić information content (AvgIpc) is 2.87. The van der Waals surface area contributed by atoms with Crippen LogP contribution in [0.1, 0.15) is 16.8 Å². The van der Waals surface area contributed by atoms with Crippen LogP contribution in [0.3, 0.4) is 0 Å². The summed E-state index contributed by atoms with van der Waals surface area (Å²) in [5.41, 5.74) is 5.67. The third-order valence-corrected chi connectivity index (χ3v) is 3.69. The van der Waals surface area contributed by atoms with Gasteiger partial charge in [-0.15, -0.1) is 0 Å². The molecule has 0 bridgehead atoms. The molecule has 2 rings (SSSR count). The monoisotopic (exact) mass is 278 g/mol. The highest BCUT2D eigenvalue weighted by molar-refractivity contribution is 6.01. The van der Waals surface area contributed by atoms with Gasteiger partial charge in [0.15, 0.2) is 0 Å². The smallest absolute Gasteiger partial charge is 0.292 e. The molecule has 0 aromatic heterocycles. The number of nitrogen functional groups attached to an aromatic ring is 1. The third-order valence-electron chi connectivity index (χ3n) is 3.69. The Hall–Kier alpha value is -2.15. The van der Waals surface area contributed by atoms with E-state index in [1.807, 2.05) is 14.1 Å². The van der Waals surface area contributed by atoms with Crippen molar-refractivity contribution in [3.05, 3.63) is 33.9 Å². The topological polar surface area (TPSA) is 92.7 Å². The predicted molar refractivity (Wildman–Crippen MR) is 75.5 cm³/mol. The van der Waals surface area contributed by atoms with E-state index in [4.69, 9.17) is 5.73 Å². The Bertz CT molecular complexity index is 544. The van der Waals surface area contributed by atoms with Crippen molar-refractivity contribution in [2.24, 2.45) is 0 Å². The summed E-state index contributed by atoms with van der Waals surface area (Å²) in [7, 11) is 3.95. The van der Waals surface area contributed by atoms with E-state index in [-0.39, 0.29) is 22.8 Å². The first kappa shape index (κ1) is 14.3. The summed E-state index contributed by atoms with van der Waals surface area (Å²) >= 11 is 0. The Kier molecular flexibility index (Phi) is 3.89. The molecule has 1 heterocycles. The molecule has 0 spiro atoms. The van der Waals surface area contributed by atoms with Crippen LogP contribution in [0.2, 0.25) is 0 Å². The zero-order valence-electron chi connectivity index (χ0n) is 11.6. The molecule has 1 aromatic carbocycles. The number of hydrogen-bond acceptors (Lipinski definition) is 5. The SMILES string of the molecule is CN(C)C1CCN(C(=O)c2cccc([N+](=O)[O-])c2N)C1. The number of likely N-dealkylation sites (tertiary alicyclic amines) is 1. The van der Waals surface area contributed by atoms with Crippen LogP contribution in [0, 0.1) is 10.1 Å². The van der Waals surface area contributed by atoms with Gasteiger partial charge in [0, 0.05) is 25.2 Å². The maximum Gasteiger partial charge on any atom is 0.292 e. The van der Waals surface area contributed by atoms with Crippen LogP contribution >= 0.6 is 0 Å². The van der Waals surface area contributed by atoms with Gasteiger partial charge in [-0.3, -0.25) is 14.9 Å². The molecule has 7 heteroatoms. The fourth-order valence-electron chi connectivity index (χ4n) is 2.42. The highest BCUT2D eigenvalue weighted by Crippen LogP contribution is 2.27. The number of nitrogens with two attached hydrogens (primary N) is 1. The van der Waals surface area contributed by atoms with Crippen molar-refractivity contribution in [1.82, 2.24) is 9.80 Å². The zero-order chi connectivity index (χ0) is 14.9. The molecule has 1 unspecified atom stereocenters. The molecule has 108 valence electrons. The molecule has 7 nitrogen and oxygen atoms in total. The van der Waals surface area contributed by atoms with E-state index in [0.29, 0.717) is 19.1 Å². The quantitative estimate of drug-likeness (QED) is 0.505. The number of benzene rings is 1. The molecule has 0 aliphatic carbocycles. The number of likely N-dealkylation sites (N-methyl/N-ethyl adjacent to an activating group) is 1. The summed E-state index contributed by atoms with van der Waals surface area (Å²) in [6, 6.07) is 4.65. The molecule has 1 amide bonds. The molecular weight excluding hydrogens is 260 g/mol. The van der Waals surface area contributed by atoms with E-state index in [2.05, 4.69) is 4.90 Å². The summed E-state index contributed by atoms with van der Waals surface area (Å²) in [6.07, 6.45) is 0.896. The normalized spacial score (nSPS) is 18.6. The number of rotatable bonds is 3. The lowest BCUT2D eigenvalue weighted by atomic mass is 10.1. The number of carbonyl (C=O) groups excluding carboxylic acids is 1. The van der Waals surface area contributed by atoms with Gasteiger partial charge in [-0.05, 0) is 26.6 Å². The van der Waals surface area contributed by atoms with E-state index >= 15 is 0 Å². The third kappa shape index (κ3) is 2.57. The van der Waals surface area contributed by atoms with Crippen LogP contribution in [0.15, 0.2) is 18.2 Å².